The van der Waals surface area contributed by atoms with E-state index in [4.69, 9.17) is 4.42 Å². The average molecular weight is 280 g/mol. The van der Waals surface area contributed by atoms with Crippen LogP contribution in [-0.4, -0.2) is 37.5 Å². The van der Waals surface area contributed by atoms with E-state index in [0.717, 1.165) is 11.1 Å². The van der Waals surface area contributed by atoms with Crippen LogP contribution in [0.25, 0.3) is 11.1 Å². The lowest BCUT2D eigenvalue weighted by molar-refractivity contribution is 0.567. The fourth-order valence-corrected chi connectivity index (χ4v) is 3.60. The highest BCUT2D eigenvalue weighted by atomic mass is 32.2. The van der Waals surface area contributed by atoms with Gasteiger partial charge in [0.1, 0.15) is 5.52 Å². The van der Waals surface area contributed by atoms with Gasteiger partial charge in [0.25, 0.3) is 6.01 Å². The van der Waals surface area contributed by atoms with E-state index in [1.807, 2.05) is 29.2 Å². The van der Waals surface area contributed by atoms with E-state index >= 15 is 0 Å². The zero-order valence-electron chi connectivity index (χ0n) is 10.7. The number of aromatic nitrogens is 1. The minimum atomic E-state index is -2.98. The number of para-hydroxylation sites is 2. The predicted octanol–water partition coefficient (Wildman–Crippen LogP) is 1.84. The van der Waals surface area contributed by atoms with Crippen molar-refractivity contribution in [1.82, 2.24) is 4.98 Å². The Kier molecular flexibility index (Phi) is 2.97. The minimum absolute atomic E-state index is 0.160. The van der Waals surface area contributed by atoms with Crippen molar-refractivity contribution in [3.8, 4) is 0 Å². The summed E-state index contributed by atoms with van der Waals surface area (Å²) in [5.41, 5.74) is 1.54. The molecule has 102 valence electrons. The molecule has 2 aromatic rings. The standard InChI is InChI=1S/C13H16N2O3S/c1-10-6-7-15(8-9-19(10,16)17)13-14-11-4-2-3-5-12(11)18-13/h2-5,10H,6-9H2,1H3/t10-/m0/s1. The molecule has 2 heterocycles. The summed E-state index contributed by atoms with van der Waals surface area (Å²) in [5, 5.41) is -0.290. The largest absolute Gasteiger partial charge is 0.423 e. The van der Waals surface area contributed by atoms with Crippen molar-refractivity contribution in [3.05, 3.63) is 24.3 Å². The number of nitrogens with zero attached hydrogens (tertiary/aromatic N) is 2. The van der Waals surface area contributed by atoms with Crippen molar-refractivity contribution >= 4 is 27.0 Å². The van der Waals surface area contributed by atoms with Crippen molar-refractivity contribution in [2.75, 3.05) is 23.7 Å². The smallest absolute Gasteiger partial charge is 0.298 e. The van der Waals surface area contributed by atoms with Crippen LogP contribution in [-0.2, 0) is 9.84 Å². The van der Waals surface area contributed by atoms with Crippen LogP contribution < -0.4 is 4.90 Å². The molecule has 6 heteroatoms. The van der Waals surface area contributed by atoms with Crippen LogP contribution >= 0.6 is 0 Å². The molecule has 0 amide bonds. The molecule has 1 atom stereocenters. The van der Waals surface area contributed by atoms with Gasteiger partial charge in [0, 0.05) is 13.1 Å². The molecule has 1 aromatic heterocycles. The number of anilines is 1. The van der Waals surface area contributed by atoms with E-state index in [1.54, 1.807) is 6.92 Å². The molecule has 19 heavy (non-hydrogen) atoms. The van der Waals surface area contributed by atoms with Crippen molar-refractivity contribution in [2.45, 2.75) is 18.6 Å². The zero-order valence-corrected chi connectivity index (χ0v) is 11.6. The third-order valence-electron chi connectivity index (χ3n) is 3.62. The van der Waals surface area contributed by atoms with Gasteiger partial charge in [-0.05, 0) is 25.5 Å². The number of hydrogen-bond donors (Lipinski definition) is 0. The number of benzene rings is 1. The average Bonchev–Trinajstić information content (AvgIpc) is 2.76. The maximum Gasteiger partial charge on any atom is 0.298 e. The lowest BCUT2D eigenvalue weighted by Gasteiger charge is -2.16. The van der Waals surface area contributed by atoms with Gasteiger partial charge in [-0.2, -0.15) is 4.98 Å². The number of oxazole rings is 1. The summed E-state index contributed by atoms with van der Waals surface area (Å²) in [6.07, 6.45) is 0.612. The first-order valence-corrected chi connectivity index (χ1v) is 8.10. The molecule has 1 aliphatic rings. The van der Waals surface area contributed by atoms with E-state index < -0.39 is 9.84 Å². The lowest BCUT2D eigenvalue weighted by atomic mass is 10.3. The van der Waals surface area contributed by atoms with Crippen LogP contribution in [0.1, 0.15) is 13.3 Å². The second-order valence-corrected chi connectivity index (χ2v) is 7.46. The van der Waals surface area contributed by atoms with Crippen LogP contribution in [0.2, 0.25) is 0 Å². The lowest BCUT2D eigenvalue weighted by Crippen LogP contribution is -2.26. The Bertz CT molecular complexity index is 660. The summed E-state index contributed by atoms with van der Waals surface area (Å²) in [7, 11) is -2.98. The molecule has 0 saturated carbocycles. The maximum atomic E-state index is 11.9. The highest BCUT2D eigenvalue weighted by Crippen LogP contribution is 2.24. The number of fused-ring (bicyclic) bond motifs is 1. The molecule has 0 bridgehead atoms. The molecular formula is C13H16N2O3S. The van der Waals surface area contributed by atoms with E-state index in [9.17, 15) is 8.42 Å². The van der Waals surface area contributed by atoms with Crippen molar-refractivity contribution in [2.24, 2.45) is 0 Å². The molecule has 0 aliphatic carbocycles. The Morgan fingerprint density at radius 2 is 2.11 bits per heavy atom. The first-order valence-electron chi connectivity index (χ1n) is 6.38. The van der Waals surface area contributed by atoms with Crippen LogP contribution in [0.4, 0.5) is 6.01 Å². The van der Waals surface area contributed by atoms with Crippen LogP contribution in [0.3, 0.4) is 0 Å². The summed E-state index contributed by atoms with van der Waals surface area (Å²) in [5.74, 6) is 0.160. The van der Waals surface area contributed by atoms with Gasteiger partial charge in [-0.1, -0.05) is 12.1 Å². The van der Waals surface area contributed by atoms with Crippen LogP contribution in [0.5, 0.6) is 0 Å². The second kappa shape index (κ2) is 4.52. The molecule has 3 rings (SSSR count). The van der Waals surface area contributed by atoms with E-state index in [1.165, 1.54) is 0 Å². The van der Waals surface area contributed by atoms with Gasteiger partial charge in [0.2, 0.25) is 0 Å². The molecule has 0 unspecified atom stereocenters. The molecule has 1 saturated heterocycles. The van der Waals surface area contributed by atoms with Crippen molar-refractivity contribution in [3.63, 3.8) is 0 Å². The fraction of sp³-hybridized carbons (Fsp3) is 0.462. The fourth-order valence-electron chi connectivity index (χ4n) is 2.25. The molecule has 0 spiro atoms. The van der Waals surface area contributed by atoms with Gasteiger partial charge in [0.05, 0.1) is 11.0 Å². The highest BCUT2D eigenvalue weighted by Gasteiger charge is 2.28. The maximum absolute atomic E-state index is 11.9. The summed E-state index contributed by atoms with van der Waals surface area (Å²) < 4.78 is 29.4. The summed E-state index contributed by atoms with van der Waals surface area (Å²) >= 11 is 0. The van der Waals surface area contributed by atoms with Crippen molar-refractivity contribution in [1.29, 1.82) is 0 Å². The Morgan fingerprint density at radius 1 is 1.32 bits per heavy atom. The normalized spacial score (nSPS) is 23.4. The SMILES string of the molecule is C[C@H]1CCN(c2nc3ccccc3o2)CCS1(=O)=O. The van der Waals surface area contributed by atoms with E-state index in [-0.39, 0.29) is 11.0 Å². The number of sulfone groups is 1. The van der Waals surface area contributed by atoms with Gasteiger partial charge in [-0.25, -0.2) is 8.42 Å². The Morgan fingerprint density at radius 3 is 2.89 bits per heavy atom. The van der Waals surface area contributed by atoms with Crippen LogP contribution in [0, 0.1) is 0 Å². The Labute approximate surface area is 112 Å². The van der Waals surface area contributed by atoms with E-state index in [0.29, 0.717) is 25.5 Å². The molecule has 1 fully saturated rings. The first kappa shape index (κ1) is 12.5. The molecule has 5 nitrogen and oxygen atoms in total. The molecule has 0 N–H and O–H groups in total. The molecule has 1 aliphatic heterocycles. The summed E-state index contributed by atoms with van der Waals surface area (Å²) in [6.45, 7) is 2.87. The molecular weight excluding hydrogens is 264 g/mol. The van der Waals surface area contributed by atoms with Gasteiger partial charge in [-0.3, -0.25) is 0 Å². The van der Waals surface area contributed by atoms with Crippen molar-refractivity contribution < 1.29 is 12.8 Å². The third kappa shape index (κ3) is 2.32. The second-order valence-electron chi connectivity index (χ2n) is 4.92. The Hall–Kier alpha value is -1.56. The quantitative estimate of drug-likeness (QED) is 0.797. The molecule has 1 aromatic carbocycles. The third-order valence-corrected chi connectivity index (χ3v) is 5.83. The molecule has 0 radical (unpaired) electrons. The summed E-state index contributed by atoms with van der Waals surface area (Å²) in [4.78, 5) is 6.33. The topological polar surface area (TPSA) is 63.4 Å². The van der Waals surface area contributed by atoms with Crippen LogP contribution in [0.15, 0.2) is 28.7 Å². The minimum Gasteiger partial charge on any atom is -0.423 e. The Balaban J connectivity index is 1.90. The zero-order chi connectivity index (χ0) is 13.5. The van der Waals surface area contributed by atoms with Gasteiger partial charge in [0.15, 0.2) is 15.4 Å². The number of rotatable bonds is 1. The predicted molar refractivity (Wildman–Crippen MR) is 74.1 cm³/mol. The van der Waals surface area contributed by atoms with Gasteiger partial charge in [-0.15, -0.1) is 0 Å². The van der Waals surface area contributed by atoms with Gasteiger partial charge < -0.3 is 9.32 Å². The van der Waals surface area contributed by atoms with E-state index in [2.05, 4.69) is 4.98 Å². The monoisotopic (exact) mass is 280 g/mol. The number of hydrogen-bond acceptors (Lipinski definition) is 5. The highest BCUT2D eigenvalue weighted by molar-refractivity contribution is 7.92. The summed E-state index contributed by atoms with van der Waals surface area (Å²) in [6, 6.07) is 8.07. The first-order chi connectivity index (χ1) is 9.06. The van der Waals surface area contributed by atoms with Gasteiger partial charge >= 0.3 is 0 Å².